The molecule has 29 heavy (non-hydrogen) atoms. The highest BCUT2D eigenvalue weighted by atomic mass is 19.2. The van der Waals surface area contributed by atoms with Crippen molar-refractivity contribution in [1.82, 2.24) is 4.98 Å². The van der Waals surface area contributed by atoms with E-state index < -0.39 is 35.0 Å². The molecular weight excluding hydrogens is 383 g/mol. The van der Waals surface area contributed by atoms with Crippen LogP contribution >= 0.6 is 0 Å². The van der Waals surface area contributed by atoms with Gasteiger partial charge in [-0.05, 0) is 55.3 Å². The Balaban J connectivity index is 1.80. The lowest BCUT2D eigenvalue weighted by molar-refractivity contribution is 0.102. The van der Waals surface area contributed by atoms with Gasteiger partial charge >= 0.3 is 0 Å². The number of carbonyl (C=O) groups is 2. The summed E-state index contributed by atoms with van der Waals surface area (Å²) in [7, 11) is 0. The molecule has 5 nitrogen and oxygen atoms in total. The van der Waals surface area contributed by atoms with Crippen LogP contribution in [0.3, 0.4) is 0 Å². The van der Waals surface area contributed by atoms with Crippen LogP contribution < -0.4 is 10.6 Å². The highest BCUT2D eigenvalue weighted by Crippen LogP contribution is 2.21. The van der Waals surface area contributed by atoms with E-state index in [0.717, 1.165) is 17.2 Å². The van der Waals surface area contributed by atoms with E-state index in [9.17, 15) is 22.8 Å². The normalized spacial score (nSPS) is 10.5. The molecule has 3 rings (SSSR count). The number of hydrogen-bond donors (Lipinski definition) is 2. The third kappa shape index (κ3) is 4.43. The van der Waals surface area contributed by atoms with Crippen LogP contribution in [0.2, 0.25) is 0 Å². The fraction of sp³-hybridized carbons (Fsp3) is 0.0952. The number of halogens is 3. The second kappa shape index (κ2) is 8.14. The van der Waals surface area contributed by atoms with Gasteiger partial charge in [0.05, 0.1) is 5.69 Å². The zero-order valence-corrected chi connectivity index (χ0v) is 15.5. The summed E-state index contributed by atoms with van der Waals surface area (Å²) in [6, 6.07) is 9.80. The first-order valence-corrected chi connectivity index (χ1v) is 8.56. The van der Waals surface area contributed by atoms with Crippen molar-refractivity contribution >= 4 is 23.2 Å². The van der Waals surface area contributed by atoms with Gasteiger partial charge in [-0.1, -0.05) is 12.1 Å². The number of pyridine rings is 1. The molecule has 1 aromatic heterocycles. The van der Waals surface area contributed by atoms with E-state index in [4.69, 9.17) is 0 Å². The molecule has 1 heterocycles. The molecule has 0 radical (unpaired) electrons. The van der Waals surface area contributed by atoms with Gasteiger partial charge in [-0.15, -0.1) is 0 Å². The maximum Gasteiger partial charge on any atom is 0.274 e. The van der Waals surface area contributed by atoms with E-state index in [0.29, 0.717) is 11.8 Å². The molecule has 0 aliphatic carbocycles. The average molecular weight is 399 g/mol. The van der Waals surface area contributed by atoms with Crippen LogP contribution in [0.1, 0.15) is 32.0 Å². The predicted molar refractivity (Wildman–Crippen MR) is 102 cm³/mol. The van der Waals surface area contributed by atoms with Gasteiger partial charge in [0.25, 0.3) is 11.8 Å². The van der Waals surface area contributed by atoms with Gasteiger partial charge < -0.3 is 10.6 Å². The fourth-order valence-corrected chi connectivity index (χ4v) is 2.57. The van der Waals surface area contributed by atoms with Crippen molar-refractivity contribution in [3.63, 3.8) is 0 Å². The molecule has 148 valence electrons. The number of aryl methyl sites for hydroxylation is 2. The van der Waals surface area contributed by atoms with E-state index in [1.54, 1.807) is 0 Å². The smallest absolute Gasteiger partial charge is 0.274 e. The van der Waals surface area contributed by atoms with Crippen molar-refractivity contribution in [2.45, 2.75) is 13.8 Å². The van der Waals surface area contributed by atoms with Gasteiger partial charge in [0.15, 0.2) is 17.5 Å². The number of carbonyl (C=O) groups excluding carboxylic acids is 2. The largest absolute Gasteiger partial charge is 0.322 e. The summed E-state index contributed by atoms with van der Waals surface area (Å²) in [5.74, 6) is -5.94. The van der Waals surface area contributed by atoms with Crippen LogP contribution in [0.4, 0.5) is 24.5 Å². The Morgan fingerprint density at radius 2 is 1.55 bits per heavy atom. The van der Waals surface area contributed by atoms with Crippen molar-refractivity contribution in [3.05, 3.63) is 88.5 Å². The molecule has 0 atom stereocenters. The highest BCUT2D eigenvalue weighted by Gasteiger charge is 2.18. The maximum absolute atomic E-state index is 13.7. The third-order valence-corrected chi connectivity index (χ3v) is 4.18. The van der Waals surface area contributed by atoms with Gasteiger partial charge in [-0.2, -0.15) is 0 Å². The minimum Gasteiger partial charge on any atom is -0.322 e. The molecule has 2 amide bonds. The first-order valence-electron chi connectivity index (χ1n) is 8.56. The van der Waals surface area contributed by atoms with E-state index in [1.807, 2.05) is 32.0 Å². The topological polar surface area (TPSA) is 71.1 Å². The van der Waals surface area contributed by atoms with Crippen molar-refractivity contribution in [1.29, 1.82) is 0 Å². The molecule has 0 fully saturated rings. The Morgan fingerprint density at radius 1 is 0.828 bits per heavy atom. The number of aromatic nitrogens is 1. The van der Waals surface area contributed by atoms with Gasteiger partial charge in [0, 0.05) is 17.4 Å². The Morgan fingerprint density at radius 3 is 2.31 bits per heavy atom. The lowest BCUT2D eigenvalue weighted by Gasteiger charge is -2.10. The molecule has 0 bridgehead atoms. The van der Waals surface area contributed by atoms with Crippen LogP contribution in [0.15, 0.2) is 48.7 Å². The van der Waals surface area contributed by atoms with E-state index in [2.05, 4.69) is 15.6 Å². The zero-order valence-electron chi connectivity index (χ0n) is 15.5. The highest BCUT2D eigenvalue weighted by molar-refractivity contribution is 6.08. The van der Waals surface area contributed by atoms with Gasteiger partial charge in [0.1, 0.15) is 5.69 Å². The van der Waals surface area contributed by atoms with E-state index in [-0.39, 0.29) is 11.3 Å². The standard InChI is InChI=1S/C21H16F3N3O2/c1-11-3-4-12(2)16(9-11)27-20(28)13-7-8-25-17(10-13)21(29)26-15-6-5-14(22)18(23)19(15)24/h3-10H,1-2H3,(H,26,29)(H,27,28). The molecule has 0 saturated carbocycles. The van der Waals surface area contributed by atoms with Crippen molar-refractivity contribution in [3.8, 4) is 0 Å². The second-order valence-electron chi connectivity index (χ2n) is 6.38. The average Bonchev–Trinajstić information content (AvgIpc) is 2.71. The quantitative estimate of drug-likeness (QED) is 0.629. The lowest BCUT2D eigenvalue weighted by Crippen LogP contribution is -2.18. The van der Waals surface area contributed by atoms with Crippen molar-refractivity contribution in [2.75, 3.05) is 10.6 Å². The van der Waals surface area contributed by atoms with Crippen LogP contribution in [0.25, 0.3) is 0 Å². The Bertz CT molecular complexity index is 1120. The van der Waals surface area contributed by atoms with Crippen LogP contribution in [0.5, 0.6) is 0 Å². The summed E-state index contributed by atoms with van der Waals surface area (Å²) >= 11 is 0. The number of amides is 2. The first kappa shape index (κ1) is 20.1. The SMILES string of the molecule is Cc1ccc(C)c(NC(=O)c2ccnc(C(=O)Nc3ccc(F)c(F)c3F)c2)c1. The summed E-state index contributed by atoms with van der Waals surface area (Å²) in [6.45, 7) is 3.73. The first-order chi connectivity index (χ1) is 13.8. The molecule has 0 spiro atoms. The molecule has 0 unspecified atom stereocenters. The Kier molecular flexibility index (Phi) is 5.63. The summed E-state index contributed by atoms with van der Waals surface area (Å²) < 4.78 is 40.1. The maximum atomic E-state index is 13.7. The number of nitrogens with zero attached hydrogens (tertiary/aromatic N) is 1. The molecule has 2 aromatic carbocycles. The molecule has 8 heteroatoms. The molecule has 3 aromatic rings. The van der Waals surface area contributed by atoms with Crippen molar-refractivity contribution < 1.29 is 22.8 Å². The Hall–Kier alpha value is -3.68. The minimum absolute atomic E-state index is 0.150. The van der Waals surface area contributed by atoms with Crippen LogP contribution in [0, 0.1) is 31.3 Å². The summed E-state index contributed by atoms with van der Waals surface area (Å²) in [4.78, 5) is 28.7. The van der Waals surface area contributed by atoms with Gasteiger partial charge in [-0.25, -0.2) is 13.2 Å². The van der Waals surface area contributed by atoms with Gasteiger partial charge in [0.2, 0.25) is 0 Å². The van der Waals surface area contributed by atoms with Crippen LogP contribution in [-0.2, 0) is 0 Å². The minimum atomic E-state index is -1.70. The molecular formula is C21H16F3N3O2. The Labute approximate surface area is 164 Å². The summed E-state index contributed by atoms with van der Waals surface area (Å²) in [5.41, 5.74) is 1.88. The number of rotatable bonds is 4. The number of anilines is 2. The zero-order chi connectivity index (χ0) is 21.1. The molecule has 0 aliphatic heterocycles. The summed E-state index contributed by atoms with van der Waals surface area (Å²) in [6.07, 6.45) is 1.24. The van der Waals surface area contributed by atoms with Crippen LogP contribution in [-0.4, -0.2) is 16.8 Å². The molecule has 0 saturated heterocycles. The number of hydrogen-bond acceptors (Lipinski definition) is 3. The monoisotopic (exact) mass is 399 g/mol. The number of benzene rings is 2. The van der Waals surface area contributed by atoms with E-state index >= 15 is 0 Å². The molecule has 0 aliphatic rings. The second-order valence-corrected chi connectivity index (χ2v) is 6.38. The van der Waals surface area contributed by atoms with Crippen molar-refractivity contribution in [2.24, 2.45) is 0 Å². The predicted octanol–water partition coefficient (Wildman–Crippen LogP) is 4.62. The van der Waals surface area contributed by atoms with E-state index in [1.165, 1.54) is 18.3 Å². The third-order valence-electron chi connectivity index (χ3n) is 4.18. The molecule has 2 N–H and O–H groups in total. The fourth-order valence-electron chi connectivity index (χ4n) is 2.57. The van der Waals surface area contributed by atoms with Gasteiger partial charge in [-0.3, -0.25) is 14.6 Å². The summed E-state index contributed by atoms with van der Waals surface area (Å²) in [5, 5.41) is 4.87. The number of nitrogens with one attached hydrogen (secondary N) is 2. The lowest BCUT2D eigenvalue weighted by atomic mass is 10.1.